The van der Waals surface area contributed by atoms with Gasteiger partial charge in [-0.3, -0.25) is 9.69 Å². The smallest absolute Gasteiger partial charge is 0.279 e. The summed E-state index contributed by atoms with van der Waals surface area (Å²) in [6, 6.07) is 6.83. The maximum absolute atomic E-state index is 13.0. The Balaban J connectivity index is 1.18. The summed E-state index contributed by atoms with van der Waals surface area (Å²) in [6.07, 6.45) is 4.02. The lowest BCUT2D eigenvalue weighted by atomic mass is 10.0. The number of hydrogen-bond donors (Lipinski definition) is 1. The molecule has 1 amide bonds. The number of nitrogens with one attached hydrogen (secondary N) is 1. The van der Waals surface area contributed by atoms with E-state index in [9.17, 15) is 4.79 Å². The van der Waals surface area contributed by atoms with Gasteiger partial charge in [0.25, 0.3) is 5.91 Å². The maximum Gasteiger partial charge on any atom is 0.279 e. The third-order valence-electron chi connectivity index (χ3n) is 8.25. The van der Waals surface area contributed by atoms with Crippen molar-refractivity contribution in [1.29, 1.82) is 0 Å². The number of piperazine rings is 1. The summed E-state index contributed by atoms with van der Waals surface area (Å²) in [7, 11) is 7.56. The van der Waals surface area contributed by atoms with Gasteiger partial charge in [0.1, 0.15) is 16.4 Å². The number of amides is 1. The van der Waals surface area contributed by atoms with Crippen LogP contribution in [0.1, 0.15) is 28.3 Å². The number of anilines is 6. The first-order valence-electron chi connectivity index (χ1n) is 13.8. The van der Waals surface area contributed by atoms with Crippen LogP contribution >= 0.6 is 11.3 Å². The number of hydrogen-bond acceptors (Lipinski definition) is 11. The monoisotopic (exact) mass is 563 g/mol. The Labute approximate surface area is 239 Å². The molecule has 0 aliphatic carbocycles. The number of fused-ring (bicyclic) bond motifs is 2. The topological polar surface area (TPSA) is 93.2 Å². The quantitative estimate of drug-likeness (QED) is 0.497. The molecule has 3 aliphatic rings. The fourth-order valence-corrected chi connectivity index (χ4v) is 6.73. The van der Waals surface area contributed by atoms with Crippen molar-refractivity contribution in [2.24, 2.45) is 0 Å². The normalized spacial score (nSPS) is 18.9. The zero-order valence-electron chi connectivity index (χ0n) is 23.8. The first-order chi connectivity index (χ1) is 19.3. The molecule has 12 heteroatoms. The number of likely N-dealkylation sites (N-methyl/N-ethyl adjacent to an activating group) is 1. The first kappa shape index (κ1) is 26.7. The Kier molecular flexibility index (Phi) is 7.24. The molecule has 6 rings (SSSR count). The molecule has 40 heavy (non-hydrogen) atoms. The van der Waals surface area contributed by atoms with Crippen LogP contribution in [0.15, 0.2) is 24.4 Å². The zero-order valence-corrected chi connectivity index (χ0v) is 24.7. The molecule has 11 nitrogen and oxygen atoms in total. The summed E-state index contributed by atoms with van der Waals surface area (Å²) in [5.74, 6) is 1.74. The van der Waals surface area contributed by atoms with Gasteiger partial charge in [0.2, 0.25) is 5.95 Å². The molecule has 0 radical (unpaired) electrons. The van der Waals surface area contributed by atoms with Crippen LogP contribution in [0, 0.1) is 6.92 Å². The number of aromatic nitrogens is 3. The van der Waals surface area contributed by atoms with E-state index < -0.39 is 0 Å². The van der Waals surface area contributed by atoms with E-state index in [4.69, 9.17) is 9.72 Å². The third-order valence-corrected chi connectivity index (χ3v) is 9.30. The predicted molar refractivity (Wildman–Crippen MR) is 160 cm³/mol. The molecule has 1 N–H and O–H groups in total. The highest BCUT2D eigenvalue weighted by Crippen LogP contribution is 2.41. The van der Waals surface area contributed by atoms with Gasteiger partial charge in [0.05, 0.1) is 24.0 Å². The van der Waals surface area contributed by atoms with Gasteiger partial charge in [-0.15, -0.1) is 11.3 Å². The van der Waals surface area contributed by atoms with E-state index in [0.29, 0.717) is 29.2 Å². The summed E-state index contributed by atoms with van der Waals surface area (Å²) in [5.41, 5.74) is 3.02. The number of piperidine rings is 1. The van der Waals surface area contributed by atoms with E-state index in [2.05, 4.69) is 43.1 Å². The van der Waals surface area contributed by atoms with E-state index in [-0.39, 0.29) is 5.91 Å². The number of thiazole rings is 1. The molecule has 5 heterocycles. The van der Waals surface area contributed by atoms with Crippen molar-refractivity contribution in [3.63, 3.8) is 0 Å². The van der Waals surface area contributed by atoms with Crippen LogP contribution in [-0.4, -0.2) is 104 Å². The van der Waals surface area contributed by atoms with Crippen LogP contribution < -0.4 is 24.8 Å². The van der Waals surface area contributed by atoms with E-state index in [0.717, 1.165) is 53.3 Å². The molecule has 0 spiro atoms. The number of carbonyl (C=O) groups is 1. The van der Waals surface area contributed by atoms with Crippen LogP contribution in [-0.2, 0) is 0 Å². The van der Waals surface area contributed by atoms with Crippen molar-refractivity contribution in [2.45, 2.75) is 25.8 Å². The number of ether oxygens (including phenoxy) is 1. The number of rotatable bonds is 5. The van der Waals surface area contributed by atoms with Crippen LogP contribution in [0.2, 0.25) is 0 Å². The molecular formula is C28H37N9O2S. The van der Waals surface area contributed by atoms with Gasteiger partial charge in [0.15, 0.2) is 11.5 Å². The lowest BCUT2D eigenvalue weighted by Crippen LogP contribution is -2.52. The van der Waals surface area contributed by atoms with Crippen molar-refractivity contribution in [1.82, 2.24) is 24.8 Å². The maximum atomic E-state index is 13.0. The Morgan fingerprint density at radius 1 is 0.975 bits per heavy atom. The second-order valence-corrected chi connectivity index (χ2v) is 12.0. The Morgan fingerprint density at radius 3 is 2.45 bits per heavy atom. The summed E-state index contributed by atoms with van der Waals surface area (Å²) >= 11 is 1.48. The van der Waals surface area contributed by atoms with Gasteiger partial charge < -0.3 is 29.7 Å². The van der Waals surface area contributed by atoms with Gasteiger partial charge in [-0.05, 0) is 38.9 Å². The summed E-state index contributed by atoms with van der Waals surface area (Å²) in [6.45, 7) is 8.60. The summed E-state index contributed by atoms with van der Waals surface area (Å²) in [4.78, 5) is 37.8. The van der Waals surface area contributed by atoms with Crippen LogP contribution in [0.4, 0.5) is 33.8 Å². The molecule has 0 atom stereocenters. The molecule has 0 saturated carbocycles. The van der Waals surface area contributed by atoms with Crippen molar-refractivity contribution >= 4 is 51.1 Å². The summed E-state index contributed by atoms with van der Waals surface area (Å²) < 4.78 is 5.83. The largest absolute Gasteiger partial charge is 0.495 e. The average Bonchev–Trinajstić information content (AvgIpc) is 3.35. The fraction of sp³-hybridized carbons (Fsp3) is 0.500. The highest BCUT2D eigenvalue weighted by molar-refractivity contribution is 7.16. The lowest BCUT2D eigenvalue weighted by molar-refractivity contribution is 0.0981. The Hall–Kier alpha value is -3.48. The van der Waals surface area contributed by atoms with Crippen molar-refractivity contribution < 1.29 is 9.53 Å². The van der Waals surface area contributed by atoms with Gasteiger partial charge >= 0.3 is 0 Å². The minimum Gasteiger partial charge on any atom is -0.495 e. The first-order valence-corrected chi connectivity index (χ1v) is 14.6. The lowest BCUT2D eigenvalue weighted by Gasteiger charge is -2.42. The minimum atomic E-state index is -0.165. The molecular weight excluding hydrogens is 526 g/mol. The molecule has 3 aliphatic heterocycles. The number of aryl methyl sites for hydroxylation is 1. The van der Waals surface area contributed by atoms with Gasteiger partial charge in [0, 0.05) is 71.2 Å². The van der Waals surface area contributed by atoms with Gasteiger partial charge in [-0.25, -0.2) is 9.97 Å². The Morgan fingerprint density at radius 2 is 1.73 bits per heavy atom. The van der Waals surface area contributed by atoms with E-state index in [1.54, 1.807) is 25.3 Å². The van der Waals surface area contributed by atoms with Crippen LogP contribution in [0.25, 0.3) is 0 Å². The zero-order chi connectivity index (χ0) is 28.0. The highest BCUT2D eigenvalue weighted by atomic mass is 32.1. The molecule has 1 aromatic carbocycles. The van der Waals surface area contributed by atoms with E-state index in [1.807, 2.05) is 31.0 Å². The van der Waals surface area contributed by atoms with E-state index in [1.165, 1.54) is 37.3 Å². The minimum absolute atomic E-state index is 0.165. The highest BCUT2D eigenvalue weighted by Gasteiger charge is 2.32. The van der Waals surface area contributed by atoms with Crippen LogP contribution in [0.3, 0.4) is 0 Å². The van der Waals surface area contributed by atoms with Gasteiger partial charge in [-0.1, -0.05) is 0 Å². The molecule has 3 aromatic rings. The molecule has 2 saturated heterocycles. The number of nitrogens with zero attached hydrogens (tertiary/aromatic N) is 8. The number of carbonyl (C=O) groups excluding carboxylic acids is 1. The molecule has 0 bridgehead atoms. The molecule has 212 valence electrons. The Bertz CT molecular complexity index is 1400. The summed E-state index contributed by atoms with van der Waals surface area (Å²) in [5, 5.41) is 4.95. The second-order valence-electron chi connectivity index (χ2n) is 10.8. The second kappa shape index (κ2) is 10.8. The van der Waals surface area contributed by atoms with Crippen molar-refractivity contribution in [3.05, 3.63) is 35.1 Å². The average molecular weight is 564 g/mol. The van der Waals surface area contributed by atoms with Gasteiger partial charge in [-0.2, -0.15) is 4.98 Å². The SMILES string of the molecule is COc1cc(Nc2ncc3c(n2)N(C)c2sc(C)nc2C(=O)N3C)ccc1N1CCC(N2CCN(C)CC2)CC1. The number of methoxy groups -OCH3 is 1. The fourth-order valence-electron chi connectivity index (χ4n) is 5.86. The molecule has 2 aromatic heterocycles. The predicted octanol–water partition coefficient (Wildman–Crippen LogP) is 3.57. The van der Waals surface area contributed by atoms with Crippen molar-refractivity contribution in [3.8, 4) is 5.75 Å². The van der Waals surface area contributed by atoms with E-state index >= 15 is 0 Å². The third kappa shape index (κ3) is 4.95. The molecule has 2 fully saturated rings. The number of benzene rings is 1. The molecule has 0 unspecified atom stereocenters. The van der Waals surface area contributed by atoms with Crippen molar-refractivity contribution in [2.75, 3.05) is 87.5 Å². The standard InChI is InChI=1S/C28H37N9O2S/c1-18-30-24-26(38)34(3)22-17-29-28(32-25(22)35(4)27(24)40-18)31-19-6-7-21(23(16-19)39-5)37-10-8-20(9-11-37)36-14-12-33(2)13-15-36/h6-7,16-17,20H,8-15H2,1-5H3,(H,29,31,32). The van der Waals surface area contributed by atoms with Crippen LogP contribution in [0.5, 0.6) is 5.75 Å².